The Morgan fingerprint density at radius 1 is 1.41 bits per heavy atom. The molecule has 1 atom stereocenters. The maximum atomic E-state index is 6.21. The van der Waals surface area contributed by atoms with Crippen LogP contribution in [-0.4, -0.2) is 10.6 Å². The van der Waals surface area contributed by atoms with Crippen molar-refractivity contribution in [3.8, 4) is 0 Å². The first kappa shape index (κ1) is 11.1. The van der Waals surface area contributed by atoms with Crippen LogP contribution in [0, 0.1) is 6.92 Å². The van der Waals surface area contributed by atoms with Gasteiger partial charge >= 0.3 is 0 Å². The third-order valence-corrected chi connectivity index (χ3v) is 4.41. The van der Waals surface area contributed by atoms with Gasteiger partial charge in [0.1, 0.15) is 0 Å². The fourth-order valence-corrected chi connectivity index (χ4v) is 3.22. The summed E-state index contributed by atoms with van der Waals surface area (Å²) >= 11 is 6.21. The van der Waals surface area contributed by atoms with E-state index < -0.39 is 0 Å². The summed E-state index contributed by atoms with van der Waals surface area (Å²) in [5.41, 5.74) is 11.4. The molecule has 0 fully saturated rings. The molecule has 0 saturated carbocycles. The van der Waals surface area contributed by atoms with E-state index in [1.165, 1.54) is 27.7 Å². The van der Waals surface area contributed by atoms with E-state index in [1.807, 2.05) is 6.07 Å². The van der Waals surface area contributed by atoms with Gasteiger partial charge in [-0.1, -0.05) is 17.7 Å². The molecule has 3 heteroatoms. The van der Waals surface area contributed by atoms with Crippen LogP contribution in [0.4, 0.5) is 0 Å². The fraction of sp³-hybridized carbons (Fsp3) is 0.429. The lowest BCUT2D eigenvalue weighted by Gasteiger charge is -2.19. The number of aryl methyl sites for hydroxylation is 3. The van der Waals surface area contributed by atoms with Crippen molar-refractivity contribution >= 4 is 22.5 Å². The summed E-state index contributed by atoms with van der Waals surface area (Å²) in [7, 11) is 2.13. The maximum absolute atomic E-state index is 6.21. The molecule has 90 valence electrons. The van der Waals surface area contributed by atoms with Crippen LogP contribution in [0.3, 0.4) is 0 Å². The number of nitrogens with two attached hydrogens (primary N) is 1. The Hall–Kier alpha value is -0.990. The normalized spacial score (nSPS) is 19.6. The van der Waals surface area contributed by atoms with Crippen LogP contribution in [0.15, 0.2) is 12.1 Å². The first-order chi connectivity index (χ1) is 8.09. The molecule has 0 aliphatic heterocycles. The van der Waals surface area contributed by atoms with Gasteiger partial charge in [0.15, 0.2) is 0 Å². The second-order valence-electron chi connectivity index (χ2n) is 5.06. The fourth-order valence-electron chi connectivity index (χ4n) is 3.06. The second-order valence-corrected chi connectivity index (χ2v) is 5.46. The quantitative estimate of drug-likeness (QED) is 0.764. The molecule has 1 aromatic carbocycles. The van der Waals surface area contributed by atoms with Crippen molar-refractivity contribution in [3.63, 3.8) is 0 Å². The van der Waals surface area contributed by atoms with E-state index in [0.29, 0.717) is 6.04 Å². The number of nitrogens with zero attached hydrogens (tertiary/aromatic N) is 1. The average molecular weight is 249 g/mol. The van der Waals surface area contributed by atoms with Crippen LogP contribution in [0.2, 0.25) is 5.02 Å². The molecular formula is C14H17ClN2. The predicted molar refractivity (Wildman–Crippen MR) is 72.7 cm³/mol. The molecule has 0 spiro atoms. The Kier molecular flexibility index (Phi) is 2.46. The number of hydrogen-bond acceptors (Lipinski definition) is 1. The van der Waals surface area contributed by atoms with Crippen LogP contribution in [-0.2, 0) is 19.9 Å². The third-order valence-electron chi connectivity index (χ3n) is 4.00. The summed E-state index contributed by atoms with van der Waals surface area (Å²) in [4.78, 5) is 0. The molecule has 0 bridgehead atoms. The zero-order valence-corrected chi connectivity index (χ0v) is 11.0. The van der Waals surface area contributed by atoms with E-state index in [-0.39, 0.29) is 0 Å². The summed E-state index contributed by atoms with van der Waals surface area (Å²) in [6.45, 7) is 2.09. The Balaban J connectivity index is 2.37. The molecule has 1 heterocycles. The van der Waals surface area contributed by atoms with Gasteiger partial charge in [0.05, 0.1) is 5.52 Å². The third kappa shape index (κ3) is 1.51. The molecule has 2 nitrogen and oxygen atoms in total. The van der Waals surface area contributed by atoms with Crippen molar-refractivity contribution in [2.24, 2.45) is 12.8 Å². The number of rotatable bonds is 0. The molecule has 1 aromatic heterocycles. The van der Waals surface area contributed by atoms with Crippen molar-refractivity contribution in [1.82, 2.24) is 4.57 Å². The van der Waals surface area contributed by atoms with E-state index in [9.17, 15) is 0 Å². The first-order valence-electron chi connectivity index (χ1n) is 6.10. The van der Waals surface area contributed by atoms with Crippen molar-refractivity contribution < 1.29 is 0 Å². The van der Waals surface area contributed by atoms with E-state index in [2.05, 4.69) is 24.6 Å². The van der Waals surface area contributed by atoms with Crippen LogP contribution in [0.25, 0.3) is 10.9 Å². The van der Waals surface area contributed by atoms with Crippen LogP contribution in [0.1, 0.15) is 23.2 Å². The topological polar surface area (TPSA) is 30.9 Å². The molecule has 2 aromatic rings. The van der Waals surface area contributed by atoms with Gasteiger partial charge in [-0.05, 0) is 37.0 Å². The predicted octanol–water partition coefficient (Wildman–Crippen LogP) is 2.96. The molecule has 1 unspecified atom stereocenters. The Labute approximate surface area is 106 Å². The lowest BCUT2D eigenvalue weighted by molar-refractivity contribution is 0.558. The molecule has 1 aliphatic carbocycles. The lowest BCUT2D eigenvalue weighted by atomic mass is 9.92. The van der Waals surface area contributed by atoms with Gasteiger partial charge in [0, 0.05) is 35.6 Å². The molecule has 2 N–H and O–H groups in total. The molecule has 1 aliphatic rings. The van der Waals surface area contributed by atoms with E-state index in [1.54, 1.807) is 0 Å². The smallest absolute Gasteiger partial charge is 0.0527 e. The van der Waals surface area contributed by atoms with Gasteiger partial charge < -0.3 is 10.3 Å². The van der Waals surface area contributed by atoms with Crippen molar-refractivity contribution in [1.29, 1.82) is 0 Å². The van der Waals surface area contributed by atoms with E-state index >= 15 is 0 Å². The SMILES string of the molecule is Cc1c(Cl)ccc2c3c(n(C)c12)CC(N)CC3. The summed E-state index contributed by atoms with van der Waals surface area (Å²) in [6.07, 6.45) is 3.17. The molecule has 0 saturated heterocycles. The summed E-state index contributed by atoms with van der Waals surface area (Å²) in [5, 5.41) is 2.20. The Morgan fingerprint density at radius 3 is 2.94 bits per heavy atom. The van der Waals surface area contributed by atoms with Crippen LogP contribution >= 0.6 is 11.6 Å². The minimum Gasteiger partial charge on any atom is -0.347 e. The Morgan fingerprint density at radius 2 is 2.18 bits per heavy atom. The monoisotopic (exact) mass is 248 g/mol. The highest BCUT2D eigenvalue weighted by atomic mass is 35.5. The van der Waals surface area contributed by atoms with Crippen LogP contribution < -0.4 is 5.73 Å². The lowest BCUT2D eigenvalue weighted by Crippen LogP contribution is -2.28. The highest BCUT2D eigenvalue weighted by Gasteiger charge is 2.23. The second kappa shape index (κ2) is 3.76. The molecule has 0 amide bonds. The minimum atomic E-state index is 0.307. The van der Waals surface area contributed by atoms with Gasteiger partial charge in [0.25, 0.3) is 0 Å². The summed E-state index contributed by atoms with van der Waals surface area (Å²) in [6, 6.07) is 4.47. The zero-order valence-electron chi connectivity index (χ0n) is 10.3. The van der Waals surface area contributed by atoms with Gasteiger partial charge in [0.2, 0.25) is 0 Å². The van der Waals surface area contributed by atoms with Crippen LogP contribution in [0.5, 0.6) is 0 Å². The van der Waals surface area contributed by atoms with Gasteiger partial charge in [-0.3, -0.25) is 0 Å². The van der Waals surface area contributed by atoms with Crippen molar-refractivity contribution in [3.05, 3.63) is 34.0 Å². The average Bonchev–Trinajstić information content (AvgIpc) is 2.58. The molecular weight excluding hydrogens is 232 g/mol. The van der Waals surface area contributed by atoms with E-state index in [4.69, 9.17) is 17.3 Å². The number of fused-ring (bicyclic) bond motifs is 3. The van der Waals surface area contributed by atoms with Crippen molar-refractivity contribution in [2.45, 2.75) is 32.2 Å². The standard InChI is InChI=1S/C14H17ClN2/c1-8-12(15)6-5-11-10-4-3-9(16)7-13(10)17(2)14(8)11/h5-6,9H,3-4,7,16H2,1-2H3. The summed E-state index contributed by atoms with van der Waals surface area (Å²) in [5.74, 6) is 0. The van der Waals surface area contributed by atoms with Gasteiger partial charge in [-0.15, -0.1) is 0 Å². The van der Waals surface area contributed by atoms with E-state index in [0.717, 1.165) is 24.3 Å². The number of benzene rings is 1. The van der Waals surface area contributed by atoms with Gasteiger partial charge in [-0.25, -0.2) is 0 Å². The number of aromatic nitrogens is 1. The Bertz CT molecular complexity index is 598. The zero-order chi connectivity index (χ0) is 12.2. The highest BCUT2D eigenvalue weighted by Crippen LogP contribution is 2.34. The molecule has 0 radical (unpaired) electrons. The highest BCUT2D eigenvalue weighted by molar-refractivity contribution is 6.32. The first-order valence-corrected chi connectivity index (χ1v) is 6.48. The number of halogens is 1. The van der Waals surface area contributed by atoms with Crippen molar-refractivity contribution in [2.75, 3.05) is 0 Å². The summed E-state index contributed by atoms with van der Waals surface area (Å²) < 4.78 is 2.28. The minimum absolute atomic E-state index is 0.307. The molecule has 3 rings (SSSR count). The largest absolute Gasteiger partial charge is 0.347 e. The number of hydrogen-bond donors (Lipinski definition) is 1. The molecule has 17 heavy (non-hydrogen) atoms. The maximum Gasteiger partial charge on any atom is 0.0527 e. The van der Waals surface area contributed by atoms with Gasteiger partial charge in [-0.2, -0.15) is 0 Å².